The molecule has 7 nitrogen and oxygen atoms in total. The molecular formula is C19H20ClN3O4S. The quantitative estimate of drug-likeness (QED) is 0.775. The van der Waals surface area contributed by atoms with E-state index in [1.807, 2.05) is 6.92 Å². The molecule has 0 saturated heterocycles. The summed E-state index contributed by atoms with van der Waals surface area (Å²) in [4.78, 5) is 23.8. The van der Waals surface area contributed by atoms with Crippen LogP contribution in [0, 0.1) is 6.92 Å². The van der Waals surface area contributed by atoms with E-state index in [9.17, 15) is 18.0 Å². The average molecular weight is 422 g/mol. The van der Waals surface area contributed by atoms with Gasteiger partial charge in [-0.05, 0) is 54.8 Å². The van der Waals surface area contributed by atoms with Crippen molar-refractivity contribution >= 4 is 44.8 Å². The number of carbonyl (C=O) groups excluding carboxylic acids is 2. The molecule has 2 amide bonds. The third-order valence-electron chi connectivity index (χ3n) is 4.45. The molecule has 0 saturated carbocycles. The van der Waals surface area contributed by atoms with E-state index in [1.54, 1.807) is 24.3 Å². The van der Waals surface area contributed by atoms with Crippen molar-refractivity contribution in [2.75, 3.05) is 24.2 Å². The van der Waals surface area contributed by atoms with Crippen molar-refractivity contribution in [3.05, 3.63) is 52.5 Å². The molecule has 1 aliphatic heterocycles. The Balaban J connectivity index is 1.73. The van der Waals surface area contributed by atoms with E-state index >= 15 is 0 Å². The summed E-state index contributed by atoms with van der Waals surface area (Å²) in [6, 6.07) is 9.71. The van der Waals surface area contributed by atoms with Gasteiger partial charge in [-0.15, -0.1) is 0 Å². The van der Waals surface area contributed by atoms with Crippen LogP contribution in [0.5, 0.6) is 0 Å². The van der Waals surface area contributed by atoms with E-state index in [1.165, 1.54) is 19.2 Å². The molecule has 148 valence electrons. The van der Waals surface area contributed by atoms with E-state index in [0.29, 0.717) is 29.2 Å². The van der Waals surface area contributed by atoms with Crippen molar-refractivity contribution in [3.8, 4) is 0 Å². The van der Waals surface area contributed by atoms with Gasteiger partial charge in [-0.2, -0.15) is 4.31 Å². The molecule has 2 aromatic rings. The minimum Gasteiger partial charge on any atom is -0.326 e. The number of anilines is 2. The molecule has 0 radical (unpaired) electrons. The van der Waals surface area contributed by atoms with Gasteiger partial charge in [0.25, 0.3) is 0 Å². The monoisotopic (exact) mass is 421 g/mol. The van der Waals surface area contributed by atoms with Crippen LogP contribution in [0.25, 0.3) is 0 Å². The Labute approximate surface area is 168 Å². The molecule has 1 aliphatic rings. The van der Waals surface area contributed by atoms with Gasteiger partial charge in [-0.25, -0.2) is 8.42 Å². The predicted octanol–water partition coefficient (Wildman–Crippen LogP) is 2.79. The lowest BCUT2D eigenvalue weighted by molar-refractivity contribution is -0.117. The maximum Gasteiger partial charge on any atom is 0.243 e. The number of carbonyl (C=O) groups is 2. The number of likely N-dealkylation sites (N-methyl/N-ethyl adjacent to an activating group) is 1. The van der Waals surface area contributed by atoms with Crippen LogP contribution in [-0.4, -0.2) is 38.1 Å². The Bertz CT molecular complexity index is 1050. The van der Waals surface area contributed by atoms with E-state index in [-0.39, 0.29) is 17.3 Å². The van der Waals surface area contributed by atoms with Crippen LogP contribution < -0.4 is 10.6 Å². The first-order chi connectivity index (χ1) is 13.2. The average Bonchev–Trinajstić information content (AvgIpc) is 2.63. The standard InChI is InChI=1S/C19H20ClN3O4S/c1-12-3-6-17(15(20)9-12)22-19(25)11-23(2)28(26,27)14-5-7-16-13(10-14)4-8-18(24)21-16/h3,5-7,9-10H,4,8,11H2,1-2H3,(H,21,24)(H,22,25). The van der Waals surface area contributed by atoms with Crippen molar-refractivity contribution < 1.29 is 18.0 Å². The van der Waals surface area contributed by atoms with Crippen molar-refractivity contribution in [2.45, 2.75) is 24.7 Å². The minimum absolute atomic E-state index is 0.0751. The molecule has 0 aromatic heterocycles. The number of rotatable bonds is 5. The van der Waals surface area contributed by atoms with Gasteiger partial charge >= 0.3 is 0 Å². The molecule has 0 fully saturated rings. The lowest BCUT2D eigenvalue weighted by Gasteiger charge is -2.20. The van der Waals surface area contributed by atoms with Crippen molar-refractivity contribution in [1.29, 1.82) is 0 Å². The highest BCUT2D eigenvalue weighted by atomic mass is 35.5. The molecule has 0 aliphatic carbocycles. The Kier molecular flexibility index (Phi) is 5.74. The molecular weight excluding hydrogens is 402 g/mol. The Hall–Kier alpha value is -2.42. The number of benzene rings is 2. The SMILES string of the molecule is Cc1ccc(NC(=O)CN(C)S(=O)(=O)c2ccc3c(c2)CCC(=O)N3)c(Cl)c1. The van der Waals surface area contributed by atoms with Crippen LogP contribution in [0.4, 0.5) is 11.4 Å². The minimum atomic E-state index is -3.86. The molecule has 0 bridgehead atoms. The van der Waals surface area contributed by atoms with Crippen LogP contribution in [-0.2, 0) is 26.0 Å². The number of nitrogens with zero attached hydrogens (tertiary/aromatic N) is 1. The molecule has 28 heavy (non-hydrogen) atoms. The second-order valence-electron chi connectivity index (χ2n) is 6.66. The smallest absolute Gasteiger partial charge is 0.243 e. The molecule has 9 heteroatoms. The maximum atomic E-state index is 12.8. The normalized spacial score (nSPS) is 13.8. The number of amides is 2. The summed E-state index contributed by atoms with van der Waals surface area (Å²) in [5, 5.41) is 5.72. The summed E-state index contributed by atoms with van der Waals surface area (Å²) in [5.74, 6) is -0.589. The third kappa shape index (κ3) is 4.35. The van der Waals surface area contributed by atoms with Crippen molar-refractivity contribution in [3.63, 3.8) is 0 Å². The fourth-order valence-corrected chi connectivity index (χ4v) is 4.36. The number of aryl methyl sites for hydroxylation is 2. The number of halogens is 1. The molecule has 1 heterocycles. The highest BCUT2D eigenvalue weighted by Gasteiger charge is 2.25. The summed E-state index contributed by atoms with van der Waals surface area (Å²) < 4.78 is 26.6. The predicted molar refractivity (Wildman–Crippen MR) is 108 cm³/mol. The van der Waals surface area contributed by atoms with Gasteiger partial charge in [0.2, 0.25) is 21.8 Å². The first kappa shape index (κ1) is 20.3. The first-order valence-corrected chi connectivity index (χ1v) is 10.4. The number of sulfonamides is 1. The fourth-order valence-electron chi connectivity index (χ4n) is 2.90. The highest BCUT2D eigenvalue weighted by molar-refractivity contribution is 7.89. The summed E-state index contributed by atoms with van der Waals surface area (Å²) >= 11 is 6.10. The van der Waals surface area contributed by atoms with E-state index in [4.69, 9.17) is 11.6 Å². The lowest BCUT2D eigenvalue weighted by Crippen LogP contribution is -2.35. The molecule has 2 aromatic carbocycles. The number of hydrogen-bond donors (Lipinski definition) is 2. The Morgan fingerprint density at radius 2 is 1.96 bits per heavy atom. The molecule has 0 unspecified atom stereocenters. The van der Waals surface area contributed by atoms with Gasteiger partial charge in [-0.1, -0.05) is 17.7 Å². The summed E-state index contributed by atoms with van der Waals surface area (Å²) in [6.45, 7) is 1.52. The second kappa shape index (κ2) is 7.90. The van der Waals surface area contributed by atoms with Gasteiger partial charge in [0, 0.05) is 19.2 Å². The van der Waals surface area contributed by atoms with Crippen molar-refractivity contribution in [2.24, 2.45) is 0 Å². The van der Waals surface area contributed by atoms with Gasteiger partial charge < -0.3 is 10.6 Å². The van der Waals surface area contributed by atoms with Crippen LogP contribution >= 0.6 is 11.6 Å². The first-order valence-electron chi connectivity index (χ1n) is 8.62. The second-order valence-corrected chi connectivity index (χ2v) is 9.11. The van der Waals surface area contributed by atoms with Gasteiger partial charge in [-0.3, -0.25) is 9.59 Å². The number of hydrogen-bond acceptors (Lipinski definition) is 4. The zero-order valence-electron chi connectivity index (χ0n) is 15.5. The third-order valence-corrected chi connectivity index (χ3v) is 6.56. The van der Waals surface area contributed by atoms with E-state index < -0.39 is 15.9 Å². The summed E-state index contributed by atoms with van der Waals surface area (Å²) in [7, 11) is -2.52. The molecule has 0 atom stereocenters. The Morgan fingerprint density at radius 3 is 2.68 bits per heavy atom. The fraction of sp³-hybridized carbons (Fsp3) is 0.263. The van der Waals surface area contributed by atoms with Crippen LogP contribution in [0.15, 0.2) is 41.3 Å². The van der Waals surface area contributed by atoms with Gasteiger partial charge in [0.1, 0.15) is 0 Å². The zero-order valence-corrected chi connectivity index (χ0v) is 17.0. The van der Waals surface area contributed by atoms with Crippen LogP contribution in [0.3, 0.4) is 0 Å². The Morgan fingerprint density at radius 1 is 1.21 bits per heavy atom. The van der Waals surface area contributed by atoms with Crippen molar-refractivity contribution in [1.82, 2.24) is 4.31 Å². The largest absolute Gasteiger partial charge is 0.326 e. The van der Waals surface area contributed by atoms with E-state index in [0.717, 1.165) is 15.4 Å². The van der Waals surface area contributed by atoms with E-state index in [2.05, 4.69) is 10.6 Å². The lowest BCUT2D eigenvalue weighted by atomic mass is 10.0. The van der Waals surface area contributed by atoms with Crippen LogP contribution in [0.1, 0.15) is 17.5 Å². The topological polar surface area (TPSA) is 95.6 Å². The molecule has 0 spiro atoms. The zero-order chi connectivity index (χ0) is 20.5. The summed E-state index contributed by atoms with van der Waals surface area (Å²) in [5.41, 5.74) is 2.74. The van der Waals surface area contributed by atoms with Gasteiger partial charge in [0.05, 0.1) is 22.2 Å². The summed E-state index contributed by atoms with van der Waals surface area (Å²) in [6.07, 6.45) is 0.784. The molecule has 3 rings (SSSR count). The molecule has 2 N–H and O–H groups in total. The maximum absolute atomic E-state index is 12.8. The van der Waals surface area contributed by atoms with Crippen LogP contribution in [0.2, 0.25) is 5.02 Å². The number of fused-ring (bicyclic) bond motifs is 1. The van der Waals surface area contributed by atoms with Gasteiger partial charge in [0.15, 0.2) is 0 Å². The number of nitrogens with one attached hydrogen (secondary N) is 2. The highest BCUT2D eigenvalue weighted by Crippen LogP contribution is 2.27.